The minimum Gasteiger partial charge on any atom is -0.461 e. The molecule has 2 amide bonds. The lowest BCUT2D eigenvalue weighted by Crippen LogP contribution is -2.59. The third kappa shape index (κ3) is 9.34. The number of nitrogens with one attached hydrogen (secondary N) is 1. The quantitative estimate of drug-likeness (QED) is 0.386. The highest BCUT2D eigenvalue weighted by molar-refractivity contribution is 5.81. The second kappa shape index (κ2) is 15.4. The van der Waals surface area contributed by atoms with Gasteiger partial charge in [0.2, 0.25) is 11.8 Å². The zero-order valence-corrected chi connectivity index (χ0v) is 27.3. The van der Waals surface area contributed by atoms with E-state index in [4.69, 9.17) is 18.9 Å². The Bertz CT molecular complexity index is 941. The second-order valence-corrected chi connectivity index (χ2v) is 13.5. The zero-order valence-electron chi connectivity index (χ0n) is 27.3. The Kier molecular flexibility index (Phi) is 12.8. The van der Waals surface area contributed by atoms with Gasteiger partial charge in [-0.1, -0.05) is 20.8 Å². The van der Waals surface area contributed by atoms with Gasteiger partial charge in [0.25, 0.3) is 0 Å². The van der Waals surface area contributed by atoms with E-state index in [0.29, 0.717) is 39.0 Å². The lowest BCUT2D eigenvalue weighted by Gasteiger charge is -2.47. The van der Waals surface area contributed by atoms with Crippen LogP contribution in [0.15, 0.2) is 0 Å². The van der Waals surface area contributed by atoms with Gasteiger partial charge in [-0.3, -0.25) is 14.4 Å². The fourth-order valence-electron chi connectivity index (χ4n) is 6.89. The summed E-state index contributed by atoms with van der Waals surface area (Å²) in [6.07, 6.45) is -2.23. The van der Waals surface area contributed by atoms with Gasteiger partial charge in [-0.2, -0.15) is 0 Å². The van der Waals surface area contributed by atoms with E-state index < -0.39 is 48.0 Å². The van der Waals surface area contributed by atoms with Gasteiger partial charge >= 0.3 is 5.97 Å². The van der Waals surface area contributed by atoms with E-state index in [1.807, 2.05) is 32.8 Å². The van der Waals surface area contributed by atoms with E-state index in [1.54, 1.807) is 32.7 Å². The Labute approximate surface area is 256 Å². The highest BCUT2D eigenvalue weighted by Crippen LogP contribution is 2.37. The summed E-state index contributed by atoms with van der Waals surface area (Å²) in [6.45, 7) is 10.5. The molecule has 3 heterocycles. The predicted octanol–water partition coefficient (Wildman–Crippen LogP) is 1.16. The van der Waals surface area contributed by atoms with E-state index in [2.05, 4.69) is 5.32 Å². The standard InChI is InChI=1S/C31H55N3O9/c1-18-16-31(5,39)27(43-30-25(36)23(33(6)7)15-19(2)41-30)20(3)26(42-29(38)22-10-13-40-14-11-22)21(4)28(37)32-12-9-24(35)34(8)17-18/h18-23,25-27,30,36,39H,9-17H2,1-8H3,(H,32,37)/t18-,19-,20+,21-,23+,25-,26+,27-,30+,31-/m1/s1. The molecule has 3 saturated heterocycles. The first-order valence-electron chi connectivity index (χ1n) is 15.8. The molecule has 10 atom stereocenters. The summed E-state index contributed by atoms with van der Waals surface area (Å²) in [5.74, 6) is -2.89. The summed E-state index contributed by atoms with van der Waals surface area (Å²) < 4.78 is 24.2. The van der Waals surface area contributed by atoms with E-state index >= 15 is 0 Å². The zero-order chi connectivity index (χ0) is 32.1. The average Bonchev–Trinajstić information content (AvgIpc) is 2.94. The summed E-state index contributed by atoms with van der Waals surface area (Å²) in [7, 11) is 5.48. The Morgan fingerprint density at radius 2 is 1.79 bits per heavy atom. The second-order valence-electron chi connectivity index (χ2n) is 13.5. The molecule has 3 N–H and O–H groups in total. The molecule has 0 aromatic heterocycles. The van der Waals surface area contributed by atoms with Crippen LogP contribution in [0, 0.1) is 23.7 Å². The van der Waals surface area contributed by atoms with Crippen molar-refractivity contribution in [2.45, 2.75) is 109 Å². The van der Waals surface area contributed by atoms with Crippen LogP contribution in [0.4, 0.5) is 0 Å². The van der Waals surface area contributed by atoms with Crippen molar-refractivity contribution in [3.8, 4) is 0 Å². The summed E-state index contributed by atoms with van der Waals surface area (Å²) in [4.78, 5) is 43.1. The van der Waals surface area contributed by atoms with Crippen LogP contribution in [0.5, 0.6) is 0 Å². The van der Waals surface area contributed by atoms with Gasteiger partial charge < -0.3 is 44.3 Å². The highest BCUT2D eigenvalue weighted by Gasteiger charge is 2.49. The van der Waals surface area contributed by atoms with Crippen molar-refractivity contribution in [2.24, 2.45) is 23.7 Å². The lowest BCUT2D eigenvalue weighted by atomic mass is 9.77. The SMILES string of the molecule is C[C@H]1CN(C)C(=O)CCNC(=O)[C@H](C)[C@@H](OC(=O)C2CCOCC2)[C@H](C)[C@@H](O[C@@H]2O[C@H](C)C[C@H](N(C)C)[C@H]2O)[C@](C)(O)C1. The molecule has 0 saturated carbocycles. The molecule has 3 aliphatic heterocycles. The monoisotopic (exact) mass is 613 g/mol. The molecule has 248 valence electrons. The number of carbonyl (C=O) groups is 3. The summed E-state index contributed by atoms with van der Waals surface area (Å²) in [6, 6.07) is -0.238. The van der Waals surface area contributed by atoms with Crippen molar-refractivity contribution in [3.05, 3.63) is 0 Å². The molecular weight excluding hydrogens is 558 g/mol. The molecule has 0 aromatic carbocycles. The molecule has 12 nitrogen and oxygen atoms in total. The number of ether oxygens (including phenoxy) is 4. The first-order chi connectivity index (χ1) is 20.1. The molecule has 0 spiro atoms. The molecule has 3 rings (SSSR count). The van der Waals surface area contributed by atoms with Gasteiger partial charge in [-0.25, -0.2) is 0 Å². The summed E-state index contributed by atoms with van der Waals surface area (Å²) >= 11 is 0. The van der Waals surface area contributed by atoms with Gasteiger partial charge in [0.1, 0.15) is 12.2 Å². The van der Waals surface area contributed by atoms with Crippen molar-refractivity contribution in [1.82, 2.24) is 15.1 Å². The van der Waals surface area contributed by atoms with Crippen LogP contribution in [0.25, 0.3) is 0 Å². The molecule has 0 unspecified atom stereocenters. The third-order valence-electron chi connectivity index (χ3n) is 9.29. The van der Waals surface area contributed by atoms with Gasteiger partial charge in [0.05, 0.1) is 29.6 Å². The van der Waals surface area contributed by atoms with E-state index in [0.717, 1.165) is 0 Å². The smallest absolute Gasteiger partial charge is 0.309 e. The first kappa shape index (κ1) is 35.6. The van der Waals surface area contributed by atoms with Crippen LogP contribution in [0.1, 0.15) is 66.7 Å². The maximum atomic E-state index is 13.4. The molecule has 0 radical (unpaired) electrons. The number of carbonyl (C=O) groups excluding carboxylic acids is 3. The van der Waals surface area contributed by atoms with Crippen molar-refractivity contribution in [2.75, 3.05) is 47.4 Å². The van der Waals surface area contributed by atoms with Gasteiger partial charge in [0, 0.05) is 51.7 Å². The van der Waals surface area contributed by atoms with E-state index in [9.17, 15) is 24.6 Å². The van der Waals surface area contributed by atoms with Crippen LogP contribution in [-0.2, 0) is 33.3 Å². The van der Waals surface area contributed by atoms with Gasteiger partial charge in [0.15, 0.2) is 6.29 Å². The van der Waals surface area contributed by atoms with E-state index in [-0.39, 0.29) is 55.2 Å². The topological polar surface area (TPSA) is 147 Å². The van der Waals surface area contributed by atoms with Crippen molar-refractivity contribution in [3.63, 3.8) is 0 Å². The minimum absolute atomic E-state index is 0.119. The maximum absolute atomic E-state index is 13.4. The Hall–Kier alpha value is -1.83. The molecule has 43 heavy (non-hydrogen) atoms. The molecular formula is C31H55N3O9. The molecule has 0 bridgehead atoms. The van der Waals surface area contributed by atoms with Crippen molar-refractivity contribution < 1.29 is 43.5 Å². The van der Waals surface area contributed by atoms with Crippen LogP contribution in [0.2, 0.25) is 0 Å². The minimum atomic E-state index is -1.51. The van der Waals surface area contributed by atoms with Gasteiger partial charge in [-0.15, -0.1) is 0 Å². The van der Waals surface area contributed by atoms with Crippen LogP contribution >= 0.6 is 0 Å². The maximum Gasteiger partial charge on any atom is 0.309 e. The predicted molar refractivity (Wildman–Crippen MR) is 159 cm³/mol. The highest BCUT2D eigenvalue weighted by atomic mass is 16.7. The van der Waals surface area contributed by atoms with Crippen molar-refractivity contribution in [1.29, 1.82) is 0 Å². The first-order valence-corrected chi connectivity index (χ1v) is 15.8. The Morgan fingerprint density at radius 1 is 1.14 bits per heavy atom. The summed E-state index contributed by atoms with van der Waals surface area (Å²) in [5.41, 5.74) is -1.51. The van der Waals surface area contributed by atoms with Crippen LogP contribution < -0.4 is 5.32 Å². The lowest BCUT2D eigenvalue weighted by molar-refractivity contribution is -0.299. The number of esters is 1. The largest absolute Gasteiger partial charge is 0.461 e. The van der Waals surface area contributed by atoms with Crippen molar-refractivity contribution >= 4 is 17.8 Å². The molecule has 3 fully saturated rings. The number of hydrogen-bond donors (Lipinski definition) is 3. The average molecular weight is 614 g/mol. The number of nitrogens with zero attached hydrogens (tertiary/aromatic N) is 2. The summed E-state index contributed by atoms with van der Waals surface area (Å²) in [5, 5.41) is 26.2. The number of likely N-dealkylation sites (N-methyl/N-ethyl adjacent to an activating group) is 1. The molecule has 12 heteroatoms. The third-order valence-corrected chi connectivity index (χ3v) is 9.29. The number of aliphatic hydroxyl groups excluding tert-OH is 1. The van der Waals surface area contributed by atoms with Crippen LogP contribution in [-0.4, -0.2) is 128 Å². The number of hydrogen-bond acceptors (Lipinski definition) is 10. The Balaban J connectivity index is 2.01. The molecule has 0 aliphatic carbocycles. The van der Waals surface area contributed by atoms with Crippen LogP contribution in [0.3, 0.4) is 0 Å². The van der Waals surface area contributed by atoms with Gasteiger partial charge in [-0.05, 0) is 59.5 Å². The Morgan fingerprint density at radius 3 is 2.42 bits per heavy atom. The molecule has 0 aromatic rings. The number of aliphatic hydroxyl groups is 2. The normalized spacial score (nSPS) is 39.7. The van der Waals surface area contributed by atoms with E-state index in [1.165, 1.54) is 0 Å². The number of rotatable bonds is 5. The number of amides is 2. The fourth-order valence-corrected chi connectivity index (χ4v) is 6.89. The fraction of sp³-hybridized carbons (Fsp3) is 0.903. The molecule has 3 aliphatic rings.